The van der Waals surface area contributed by atoms with Crippen molar-refractivity contribution in [1.29, 1.82) is 0 Å². The molecule has 2 aliphatic rings. The number of hydrogen-bond acceptors (Lipinski definition) is 14. The van der Waals surface area contributed by atoms with Crippen molar-refractivity contribution in [3.8, 4) is 0 Å². The molecule has 0 bridgehead atoms. The summed E-state index contributed by atoms with van der Waals surface area (Å²) in [4.78, 5) is 116. The van der Waals surface area contributed by atoms with Crippen LogP contribution in [-0.4, -0.2) is 139 Å². The molecule has 9 amide bonds. The molecule has 0 fully saturated rings. The Bertz CT molecular complexity index is 2640. The van der Waals surface area contributed by atoms with Crippen LogP contribution in [0.2, 0.25) is 0 Å². The van der Waals surface area contributed by atoms with E-state index < -0.39 is 47.8 Å². The predicted molar refractivity (Wildman–Crippen MR) is 294 cm³/mol. The fourth-order valence-corrected chi connectivity index (χ4v) is 8.43. The van der Waals surface area contributed by atoms with Crippen LogP contribution in [0.25, 0.3) is 6.08 Å². The van der Waals surface area contributed by atoms with Crippen LogP contribution in [0.1, 0.15) is 112 Å². The number of aromatic nitrogens is 1. The summed E-state index contributed by atoms with van der Waals surface area (Å²) in [5.41, 5.74) is 16.5. The summed E-state index contributed by atoms with van der Waals surface area (Å²) in [5.74, 6) is -2.16. The zero-order valence-corrected chi connectivity index (χ0v) is 45.4. The Labute approximate surface area is 455 Å². The molecule has 10 N–H and O–H groups in total. The molecular formula is C55H76N12O11. The zero-order valence-electron chi connectivity index (χ0n) is 45.4. The van der Waals surface area contributed by atoms with Crippen molar-refractivity contribution >= 4 is 76.5 Å². The van der Waals surface area contributed by atoms with Gasteiger partial charge in [-0.25, -0.2) is 14.6 Å². The van der Waals surface area contributed by atoms with E-state index in [9.17, 15) is 38.4 Å². The number of carbonyl (C=O) groups excluding carboxylic acids is 8. The highest BCUT2D eigenvalue weighted by Crippen LogP contribution is 2.29. The molecule has 0 saturated heterocycles. The molecule has 2 aromatic carbocycles. The number of rotatable bonds is 29. The third-order valence-electron chi connectivity index (χ3n) is 12.5. The van der Waals surface area contributed by atoms with E-state index >= 15 is 0 Å². The number of nitrogens with zero attached hydrogens (tertiary/aromatic N) is 4. The molecule has 0 radical (unpaired) electrons. The van der Waals surface area contributed by atoms with E-state index in [0.29, 0.717) is 91.4 Å². The minimum absolute atomic E-state index is 0.0222. The number of ether oxygens (including phenoxy) is 3. The minimum atomic E-state index is -1.06. The van der Waals surface area contributed by atoms with Gasteiger partial charge in [-0.05, 0) is 79.1 Å². The Morgan fingerprint density at radius 3 is 2.23 bits per heavy atom. The Morgan fingerprint density at radius 2 is 1.54 bits per heavy atom. The van der Waals surface area contributed by atoms with Crippen LogP contribution in [-0.2, 0) is 57.8 Å². The number of hydrogen-bond donors (Lipinski definition) is 8. The Balaban J connectivity index is 1.11. The van der Waals surface area contributed by atoms with Crippen molar-refractivity contribution in [3.63, 3.8) is 0 Å². The fourth-order valence-electron chi connectivity index (χ4n) is 8.43. The second kappa shape index (κ2) is 31.3. The first-order valence-corrected chi connectivity index (χ1v) is 26.6. The van der Waals surface area contributed by atoms with Crippen molar-refractivity contribution in [3.05, 3.63) is 88.2 Å². The lowest BCUT2D eigenvalue weighted by Gasteiger charge is -2.28. The second-order valence-electron chi connectivity index (χ2n) is 19.2. The van der Waals surface area contributed by atoms with Crippen LogP contribution in [0.15, 0.2) is 65.3 Å². The molecule has 23 heteroatoms. The smallest absolute Gasteiger partial charge is 0.410 e. The molecule has 5 rings (SSSR count). The number of nitrogens with one attached hydrogen (secondary N) is 6. The number of amides is 9. The summed E-state index contributed by atoms with van der Waals surface area (Å²) >= 11 is 0. The third kappa shape index (κ3) is 19.6. The first-order chi connectivity index (χ1) is 37.5. The molecule has 0 saturated carbocycles. The van der Waals surface area contributed by atoms with E-state index in [1.807, 2.05) is 18.7 Å². The standard InChI is InChI=1S/C55H76N12O11/c1-6-21-66(22-7-2)53(73)39-28-37-13-14-38(30-45(37)63-46(56)31-39)50(70)62-42-29-40-33-67(23-17-43(40)60-32-42)55(75)78-34-36-11-15-41(16-12-36)61-51(71)44(10-9-19-59-54(57)74)64-52(72)49(35(4)5)65-48(69)18-24-76-26-27-77-25-20-58-47(68)8-3/h11-16,28-30,32,35,44,49H,6-10,17-27,31,33-34H2,1-5H3,(H2,56,63)(H,58,68)(H,61,71)(H,62,70)(H,64,72)(H,65,69)(H3,57,59,74)/t44-,49-/m0/s1. The normalized spacial score (nSPS) is 13.5. The van der Waals surface area contributed by atoms with Gasteiger partial charge in [-0.1, -0.05) is 52.8 Å². The van der Waals surface area contributed by atoms with Gasteiger partial charge in [-0.3, -0.25) is 33.8 Å². The van der Waals surface area contributed by atoms with Gasteiger partial charge in [-0.15, -0.1) is 0 Å². The van der Waals surface area contributed by atoms with Crippen molar-refractivity contribution < 1.29 is 52.6 Å². The number of nitrogens with two attached hydrogens (primary N) is 2. The van der Waals surface area contributed by atoms with E-state index in [1.165, 1.54) is 0 Å². The van der Waals surface area contributed by atoms with Gasteiger partial charge in [-0.2, -0.15) is 0 Å². The van der Waals surface area contributed by atoms with Gasteiger partial charge in [0, 0.05) is 86.5 Å². The van der Waals surface area contributed by atoms with Crippen LogP contribution in [0.3, 0.4) is 0 Å². The molecule has 3 heterocycles. The van der Waals surface area contributed by atoms with Crippen LogP contribution in [0, 0.1) is 5.92 Å². The van der Waals surface area contributed by atoms with E-state index in [-0.39, 0.29) is 82.3 Å². The number of benzene rings is 2. The summed E-state index contributed by atoms with van der Waals surface area (Å²) in [6.07, 6.45) is 5.93. The molecule has 1 aromatic heterocycles. The number of urea groups is 1. The topological polar surface area (TPSA) is 320 Å². The number of aliphatic imine (C=N–C) groups is 1. The molecule has 2 atom stereocenters. The van der Waals surface area contributed by atoms with Gasteiger partial charge >= 0.3 is 12.1 Å². The second-order valence-corrected chi connectivity index (χ2v) is 19.2. The third-order valence-corrected chi connectivity index (χ3v) is 12.5. The van der Waals surface area contributed by atoms with Crippen LogP contribution in [0.5, 0.6) is 0 Å². The number of anilines is 2. The highest BCUT2D eigenvalue weighted by atomic mass is 16.6. The lowest BCUT2D eigenvalue weighted by molar-refractivity contribution is -0.132. The highest BCUT2D eigenvalue weighted by molar-refractivity contribution is 6.08. The molecule has 422 valence electrons. The van der Waals surface area contributed by atoms with E-state index in [0.717, 1.165) is 24.1 Å². The van der Waals surface area contributed by atoms with E-state index in [4.69, 9.17) is 25.7 Å². The van der Waals surface area contributed by atoms with Crippen molar-refractivity contribution in [1.82, 2.24) is 36.1 Å². The number of carbonyl (C=O) groups is 8. The summed E-state index contributed by atoms with van der Waals surface area (Å²) in [6.45, 7) is 12.6. The first kappa shape index (κ1) is 60.9. The SMILES string of the molecule is CCCN(CCC)C(=O)C1=Cc2ccc(C(=O)Nc3cnc4c(c3)CN(C(=O)OCc3ccc(NC(=O)[C@H](CCCNC(N)=O)NC(=O)[C@@H](NC(=O)CCOCCOCCNC(=O)CC)C(C)C)cc3)CC4)cc2N=C(N)C1. The summed E-state index contributed by atoms with van der Waals surface area (Å²) < 4.78 is 16.6. The fraction of sp³-hybridized carbons (Fsp3) is 0.491. The average Bonchev–Trinajstić information content (AvgIpc) is 3.61. The first-order valence-electron chi connectivity index (χ1n) is 26.6. The summed E-state index contributed by atoms with van der Waals surface area (Å²) in [7, 11) is 0. The van der Waals surface area contributed by atoms with E-state index in [1.54, 1.807) is 86.5 Å². The molecule has 0 spiro atoms. The number of amidine groups is 1. The van der Waals surface area contributed by atoms with Gasteiger partial charge in [0.05, 0.1) is 50.5 Å². The average molecular weight is 1080 g/mol. The van der Waals surface area contributed by atoms with Crippen molar-refractivity contribution in [2.45, 2.75) is 111 Å². The molecule has 78 heavy (non-hydrogen) atoms. The highest BCUT2D eigenvalue weighted by Gasteiger charge is 2.30. The van der Waals surface area contributed by atoms with Crippen LogP contribution < -0.4 is 43.4 Å². The molecular weight excluding hydrogens is 1000 g/mol. The molecule has 23 nitrogen and oxygen atoms in total. The van der Waals surface area contributed by atoms with Crippen LogP contribution in [0.4, 0.5) is 26.7 Å². The van der Waals surface area contributed by atoms with Crippen molar-refractivity contribution in [2.24, 2.45) is 22.4 Å². The van der Waals surface area contributed by atoms with Crippen molar-refractivity contribution in [2.75, 3.05) is 69.8 Å². The zero-order chi connectivity index (χ0) is 56.6. The predicted octanol–water partition coefficient (Wildman–Crippen LogP) is 4.42. The van der Waals surface area contributed by atoms with Gasteiger partial charge in [0.1, 0.15) is 24.5 Å². The maximum atomic E-state index is 13.7. The Kier molecular flexibility index (Phi) is 24.5. The largest absolute Gasteiger partial charge is 0.445 e. The number of primary amides is 1. The maximum Gasteiger partial charge on any atom is 0.410 e. The van der Waals surface area contributed by atoms with Crippen LogP contribution >= 0.6 is 0 Å². The summed E-state index contributed by atoms with van der Waals surface area (Å²) in [5, 5.41) is 16.4. The number of pyridine rings is 1. The van der Waals surface area contributed by atoms with Gasteiger partial charge in [0.15, 0.2) is 0 Å². The summed E-state index contributed by atoms with van der Waals surface area (Å²) in [6, 6.07) is 10.7. The van der Waals surface area contributed by atoms with Gasteiger partial charge in [0.2, 0.25) is 29.5 Å². The monoisotopic (exact) mass is 1080 g/mol. The van der Waals surface area contributed by atoms with Gasteiger partial charge in [0.25, 0.3) is 5.91 Å². The quantitative estimate of drug-likeness (QED) is 0.0447. The maximum absolute atomic E-state index is 13.7. The molecule has 3 aromatic rings. The Morgan fingerprint density at radius 1 is 0.808 bits per heavy atom. The van der Waals surface area contributed by atoms with E-state index in [2.05, 4.69) is 41.9 Å². The minimum Gasteiger partial charge on any atom is -0.445 e. The molecule has 0 unspecified atom stereocenters. The lowest BCUT2D eigenvalue weighted by atomic mass is 10.0. The molecule has 2 aliphatic heterocycles. The number of fused-ring (bicyclic) bond motifs is 2. The van der Waals surface area contributed by atoms with Gasteiger partial charge < -0.3 is 67.4 Å². The molecule has 0 aliphatic carbocycles. The Hall–Kier alpha value is -7.92. The lowest BCUT2D eigenvalue weighted by Crippen LogP contribution is -2.54.